The van der Waals surface area contributed by atoms with E-state index in [2.05, 4.69) is 26.5 Å². The number of aromatic nitrogens is 6. The lowest BCUT2D eigenvalue weighted by atomic mass is 9.90. The van der Waals surface area contributed by atoms with E-state index in [1.165, 1.54) is 34.1 Å². The van der Waals surface area contributed by atoms with Crippen LogP contribution in [0.1, 0.15) is 35.4 Å². The Morgan fingerprint density at radius 1 is 1.03 bits per heavy atom. The number of aryl methyl sites for hydroxylation is 1. The molecule has 7 nitrogen and oxygen atoms in total. The minimum atomic E-state index is -4.46. The van der Waals surface area contributed by atoms with Gasteiger partial charge in [-0.1, -0.05) is 23.4 Å². The molecule has 0 atom stereocenters. The van der Waals surface area contributed by atoms with Crippen LogP contribution >= 0.6 is 0 Å². The summed E-state index contributed by atoms with van der Waals surface area (Å²) in [5.41, 5.74) is 3.09. The summed E-state index contributed by atoms with van der Waals surface area (Å²) in [4.78, 5) is 4.39. The summed E-state index contributed by atoms with van der Waals surface area (Å²) < 4.78 is 42.2. The Bertz CT molecular complexity index is 1280. The summed E-state index contributed by atoms with van der Waals surface area (Å²) >= 11 is 0. The molecule has 32 heavy (non-hydrogen) atoms. The van der Waals surface area contributed by atoms with Gasteiger partial charge in [0.25, 0.3) is 0 Å². The quantitative estimate of drug-likeness (QED) is 0.521. The highest BCUT2D eigenvalue weighted by Crippen LogP contribution is 2.31. The van der Waals surface area contributed by atoms with Crippen molar-refractivity contribution in [2.45, 2.75) is 38.5 Å². The molecular formula is C22H19F3N6O. The Hall–Kier alpha value is -3.53. The van der Waals surface area contributed by atoms with Gasteiger partial charge in [0.05, 0.1) is 23.1 Å². The summed E-state index contributed by atoms with van der Waals surface area (Å²) in [7, 11) is 0. The molecule has 2 aromatic carbocycles. The molecule has 0 aliphatic heterocycles. The van der Waals surface area contributed by atoms with Crippen molar-refractivity contribution < 1.29 is 18.3 Å². The fourth-order valence-electron chi connectivity index (χ4n) is 4.03. The molecule has 0 bridgehead atoms. The van der Waals surface area contributed by atoms with Gasteiger partial charge in [-0.2, -0.15) is 13.2 Å². The van der Waals surface area contributed by atoms with E-state index >= 15 is 0 Å². The van der Waals surface area contributed by atoms with Gasteiger partial charge in [0.2, 0.25) is 0 Å². The second-order valence-electron chi connectivity index (χ2n) is 7.64. The number of aliphatic hydroxyl groups excluding tert-OH is 1. The largest absolute Gasteiger partial charge is 0.416 e. The summed E-state index contributed by atoms with van der Waals surface area (Å²) in [6.07, 6.45) is 1.16. The number of nitrogens with zero attached hydrogens (tertiary/aromatic N) is 6. The van der Waals surface area contributed by atoms with Crippen LogP contribution in [0.2, 0.25) is 0 Å². The van der Waals surface area contributed by atoms with Crippen molar-refractivity contribution in [1.82, 2.24) is 29.8 Å². The van der Waals surface area contributed by atoms with Gasteiger partial charge < -0.3 is 5.11 Å². The van der Waals surface area contributed by atoms with Crippen molar-refractivity contribution in [3.8, 4) is 22.9 Å². The third-order valence-electron chi connectivity index (χ3n) is 5.55. The molecule has 0 amide bonds. The second-order valence-corrected chi connectivity index (χ2v) is 7.64. The number of alkyl halides is 3. The van der Waals surface area contributed by atoms with E-state index in [9.17, 15) is 18.3 Å². The minimum Gasteiger partial charge on any atom is -0.388 e. The highest BCUT2D eigenvalue weighted by molar-refractivity contribution is 5.56. The molecule has 0 fully saturated rings. The van der Waals surface area contributed by atoms with E-state index in [1.54, 1.807) is 4.68 Å². The Morgan fingerprint density at radius 3 is 2.66 bits per heavy atom. The number of fused-ring (bicyclic) bond motifs is 1. The normalized spacial score (nSPS) is 13.9. The van der Waals surface area contributed by atoms with Gasteiger partial charge in [0.15, 0.2) is 17.3 Å². The molecule has 1 aliphatic rings. The van der Waals surface area contributed by atoms with E-state index in [-0.39, 0.29) is 18.1 Å². The monoisotopic (exact) mass is 440 g/mol. The van der Waals surface area contributed by atoms with Gasteiger partial charge in [-0.05, 0) is 61.1 Å². The number of hydrogen-bond acceptors (Lipinski definition) is 5. The first-order valence-electron chi connectivity index (χ1n) is 10.2. The number of aliphatic hydroxyl groups is 1. The maximum absolute atomic E-state index is 13.1. The lowest BCUT2D eigenvalue weighted by Gasteiger charge is -2.19. The van der Waals surface area contributed by atoms with Crippen LogP contribution < -0.4 is 0 Å². The highest BCUT2D eigenvalue weighted by Gasteiger charge is 2.30. The van der Waals surface area contributed by atoms with Crippen molar-refractivity contribution in [1.29, 1.82) is 0 Å². The van der Waals surface area contributed by atoms with Crippen molar-refractivity contribution in [2.75, 3.05) is 0 Å². The smallest absolute Gasteiger partial charge is 0.388 e. The maximum Gasteiger partial charge on any atom is 0.416 e. The molecule has 4 aromatic rings. The molecule has 2 aromatic heterocycles. The summed E-state index contributed by atoms with van der Waals surface area (Å²) in [6, 6.07) is 10.9. The van der Waals surface area contributed by atoms with Gasteiger partial charge >= 0.3 is 6.18 Å². The van der Waals surface area contributed by atoms with Crippen molar-refractivity contribution in [2.24, 2.45) is 0 Å². The van der Waals surface area contributed by atoms with E-state index in [0.717, 1.165) is 43.5 Å². The van der Waals surface area contributed by atoms with Crippen LogP contribution in [0.25, 0.3) is 22.9 Å². The predicted octanol–water partition coefficient (Wildman–Crippen LogP) is 3.90. The van der Waals surface area contributed by atoms with Crippen molar-refractivity contribution in [3.05, 3.63) is 71.2 Å². The Morgan fingerprint density at radius 2 is 1.84 bits per heavy atom. The lowest BCUT2D eigenvalue weighted by Crippen LogP contribution is -2.10. The van der Waals surface area contributed by atoms with E-state index in [4.69, 9.17) is 0 Å². The average Bonchev–Trinajstić information content (AvgIpc) is 3.45. The topological polar surface area (TPSA) is 81.7 Å². The Labute approximate surface area is 181 Å². The Kier molecular flexibility index (Phi) is 5.01. The van der Waals surface area contributed by atoms with E-state index in [1.807, 2.05) is 12.1 Å². The molecule has 1 N–H and O–H groups in total. The van der Waals surface area contributed by atoms with Gasteiger partial charge in [0, 0.05) is 0 Å². The first kappa shape index (κ1) is 20.4. The molecule has 1 aliphatic carbocycles. The van der Waals surface area contributed by atoms with Gasteiger partial charge in [-0.3, -0.25) is 0 Å². The van der Waals surface area contributed by atoms with E-state index in [0.29, 0.717) is 11.5 Å². The molecular weight excluding hydrogens is 421 g/mol. The average molecular weight is 440 g/mol. The molecule has 0 unspecified atom stereocenters. The van der Waals surface area contributed by atoms with Gasteiger partial charge in [-0.15, -0.1) is 10.2 Å². The van der Waals surface area contributed by atoms with Crippen LogP contribution in [0.4, 0.5) is 13.2 Å². The Balaban J connectivity index is 1.58. The van der Waals surface area contributed by atoms with E-state index < -0.39 is 11.7 Å². The fraction of sp³-hybridized carbons (Fsp3) is 0.273. The molecule has 164 valence electrons. The van der Waals surface area contributed by atoms with Crippen LogP contribution in [-0.2, 0) is 25.6 Å². The first-order valence-corrected chi connectivity index (χ1v) is 10.2. The molecule has 0 saturated carbocycles. The predicted molar refractivity (Wildman–Crippen MR) is 109 cm³/mol. The maximum atomic E-state index is 13.1. The number of halogens is 3. The zero-order valence-corrected chi connectivity index (χ0v) is 16.9. The van der Waals surface area contributed by atoms with Crippen molar-refractivity contribution >= 4 is 0 Å². The third kappa shape index (κ3) is 3.66. The summed E-state index contributed by atoms with van der Waals surface area (Å²) in [5, 5.41) is 22.2. The molecule has 10 heteroatoms. The van der Waals surface area contributed by atoms with Gasteiger partial charge in [-0.25, -0.2) is 14.3 Å². The van der Waals surface area contributed by atoms with Crippen molar-refractivity contribution in [3.63, 3.8) is 0 Å². The second kappa shape index (κ2) is 7.86. The standard InChI is InChI=1S/C22H19F3N6O/c23-22(24,25)15-7-4-8-16(11-15)30-12-18(27-29-30)21-26-20(13-32)28-31(21)19-10-3-6-14-5-1-2-9-17(14)19/h3-4,6-8,10-12,32H,1-2,5,9,13H2. The number of rotatable bonds is 4. The number of benzene rings is 2. The first-order chi connectivity index (χ1) is 15.4. The molecule has 2 heterocycles. The van der Waals surface area contributed by atoms with Crippen LogP contribution in [0, 0.1) is 0 Å². The van der Waals surface area contributed by atoms with Crippen LogP contribution in [-0.4, -0.2) is 34.9 Å². The molecule has 0 saturated heterocycles. The number of hydrogen-bond donors (Lipinski definition) is 1. The van der Waals surface area contributed by atoms with Crippen LogP contribution in [0.15, 0.2) is 48.7 Å². The third-order valence-corrected chi connectivity index (χ3v) is 5.55. The fourth-order valence-corrected chi connectivity index (χ4v) is 4.03. The molecule has 0 radical (unpaired) electrons. The van der Waals surface area contributed by atoms with Gasteiger partial charge in [0.1, 0.15) is 6.61 Å². The van der Waals surface area contributed by atoms with Crippen LogP contribution in [0.5, 0.6) is 0 Å². The SMILES string of the molecule is OCc1nc(-c2cn(-c3cccc(C(F)(F)F)c3)nn2)n(-c2cccc3c2CCCC3)n1. The molecule has 5 rings (SSSR count). The zero-order chi connectivity index (χ0) is 22.3. The minimum absolute atomic E-state index is 0.224. The summed E-state index contributed by atoms with van der Waals surface area (Å²) in [6.45, 7) is -0.350. The highest BCUT2D eigenvalue weighted by atomic mass is 19.4. The summed E-state index contributed by atoms with van der Waals surface area (Å²) in [5.74, 6) is 0.591. The zero-order valence-electron chi connectivity index (χ0n) is 16.9. The lowest BCUT2D eigenvalue weighted by molar-refractivity contribution is -0.137. The van der Waals surface area contributed by atoms with Crippen LogP contribution in [0.3, 0.4) is 0 Å². The molecule has 0 spiro atoms.